The van der Waals surface area contributed by atoms with Crippen LogP contribution < -0.4 is 4.74 Å². The number of benzene rings is 4. The molecular formula is C26H19F5O. The van der Waals surface area contributed by atoms with Crippen LogP contribution in [0.5, 0.6) is 5.75 Å². The van der Waals surface area contributed by atoms with Gasteiger partial charge in [-0.15, -0.1) is 0 Å². The van der Waals surface area contributed by atoms with Crippen molar-refractivity contribution in [2.24, 2.45) is 0 Å². The molecule has 0 N–H and O–H groups in total. The van der Waals surface area contributed by atoms with E-state index < -0.39 is 29.8 Å². The van der Waals surface area contributed by atoms with Gasteiger partial charge in [-0.05, 0) is 52.8 Å². The Kier molecular flexibility index (Phi) is 6.12. The maximum Gasteiger partial charge on any atom is 0.387 e. The second-order valence-electron chi connectivity index (χ2n) is 7.45. The van der Waals surface area contributed by atoms with E-state index in [0.717, 1.165) is 24.5 Å². The van der Waals surface area contributed by atoms with E-state index in [1.165, 1.54) is 36.4 Å². The van der Waals surface area contributed by atoms with E-state index in [2.05, 4.69) is 4.74 Å². The van der Waals surface area contributed by atoms with E-state index >= 15 is 0 Å². The number of fused-ring (bicyclic) bond motifs is 1. The third kappa shape index (κ3) is 4.31. The quantitative estimate of drug-likeness (QED) is 0.274. The normalized spacial score (nSPS) is 11.3. The molecule has 0 aliphatic carbocycles. The van der Waals surface area contributed by atoms with Crippen molar-refractivity contribution in [2.45, 2.75) is 26.4 Å². The van der Waals surface area contributed by atoms with Gasteiger partial charge in [-0.3, -0.25) is 0 Å². The van der Waals surface area contributed by atoms with Crippen LogP contribution in [0.15, 0.2) is 66.7 Å². The van der Waals surface area contributed by atoms with E-state index in [1.807, 2.05) is 13.0 Å². The third-order valence-electron chi connectivity index (χ3n) is 5.30. The van der Waals surface area contributed by atoms with Gasteiger partial charge in [-0.2, -0.15) is 8.78 Å². The van der Waals surface area contributed by atoms with Crippen LogP contribution in [0.1, 0.15) is 18.9 Å². The number of alkyl halides is 2. The minimum atomic E-state index is -3.14. The number of ether oxygens (including phenoxy) is 1. The van der Waals surface area contributed by atoms with Crippen molar-refractivity contribution in [3.05, 3.63) is 89.7 Å². The number of hydrogen-bond acceptors (Lipinski definition) is 1. The van der Waals surface area contributed by atoms with Crippen molar-refractivity contribution in [3.8, 4) is 28.0 Å². The Balaban J connectivity index is 1.68. The molecule has 1 nitrogen and oxygen atoms in total. The maximum atomic E-state index is 14.9. The summed E-state index contributed by atoms with van der Waals surface area (Å²) in [6, 6.07) is 16.3. The van der Waals surface area contributed by atoms with Gasteiger partial charge in [-0.1, -0.05) is 55.8 Å². The van der Waals surface area contributed by atoms with Crippen LogP contribution in [0.25, 0.3) is 33.0 Å². The van der Waals surface area contributed by atoms with E-state index in [9.17, 15) is 22.0 Å². The van der Waals surface area contributed by atoms with E-state index in [0.29, 0.717) is 22.1 Å². The second kappa shape index (κ2) is 8.99. The first kappa shape index (κ1) is 21.8. The van der Waals surface area contributed by atoms with Gasteiger partial charge in [0.2, 0.25) is 0 Å². The Hall–Kier alpha value is -3.41. The largest absolute Gasteiger partial charge is 0.432 e. The Morgan fingerprint density at radius 3 is 2.06 bits per heavy atom. The fraction of sp³-hybridized carbons (Fsp3) is 0.154. The Labute approximate surface area is 182 Å². The summed E-state index contributed by atoms with van der Waals surface area (Å²) >= 11 is 0. The van der Waals surface area contributed by atoms with Crippen molar-refractivity contribution >= 4 is 10.8 Å². The molecule has 4 rings (SSSR count). The van der Waals surface area contributed by atoms with Crippen LogP contribution in [-0.4, -0.2) is 6.61 Å². The van der Waals surface area contributed by atoms with Crippen LogP contribution >= 0.6 is 0 Å². The van der Waals surface area contributed by atoms with Crippen molar-refractivity contribution in [3.63, 3.8) is 0 Å². The molecule has 4 aromatic rings. The average Bonchev–Trinajstić information content (AvgIpc) is 2.75. The predicted molar refractivity (Wildman–Crippen MR) is 115 cm³/mol. The number of rotatable bonds is 6. The Morgan fingerprint density at radius 1 is 0.750 bits per heavy atom. The molecule has 0 aliphatic heterocycles. The zero-order valence-corrected chi connectivity index (χ0v) is 17.1. The highest BCUT2D eigenvalue weighted by molar-refractivity contribution is 5.89. The van der Waals surface area contributed by atoms with Gasteiger partial charge in [0.05, 0.1) is 0 Å². The van der Waals surface area contributed by atoms with Crippen molar-refractivity contribution in [2.75, 3.05) is 0 Å². The number of aryl methyl sites for hydroxylation is 1. The zero-order valence-electron chi connectivity index (χ0n) is 17.1. The smallest absolute Gasteiger partial charge is 0.387 e. The summed E-state index contributed by atoms with van der Waals surface area (Å²) in [5, 5.41) is 0.487. The first-order chi connectivity index (χ1) is 15.4. The van der Waals surface area contributed by atoms with Crippen molar-refractivity contribution < 1.29 is 26.7 Å². The summed E-state index contributed by atoms with van der Waals surface area (Å²) < 4.78 is 72.9. The molecule has 0 unspecified atom stereocenters. The second-order valence-corrected chi connectivity index (χ2v) is 7.45. The molecule has 0 atom stereocenters. The first-order valence-electron chi connectivity index (χ1n) is 10.1. The van der Waals surface area contributed by atoms with Gasteiger partial charge in [0, 0.05) is 16.5 Å². The Morgan fingerprint density at radius 2 is 1.41 bits per heavy atom. The summed E-state index contributed by atoms with van der Waals surface area (Å²) in [7, 11) is 0. The molecule has 0 saturated carbocycles. The van der Waals surface area contributed by atoms with Gasteiger partial charge in [-0.25, -0.2) is 13.2 Å². The zero-order chi connectivity index (χ0) is 22.8. The summed E-state index contributed by atoms with van der Waals surface area (Å²) in [5.74, 6) is -2.43. The molecule has 0 bridgehead atoms. The van der Waals surface area contributed by atoms with Crippen LogP contribution in [0, 0.1) is 17.5 Å². The topological polar surface area (TPSA) is 9.23 Å². The number of hydrogen-bond donors (Lipinski definition) is 0. The molecular weight excluding hydrogens is 423 g/mol. The minimum Gasteiger partial charge on any atom is -0.432 e. The van der Waals surface area contributed by atoms with Crippen LogP contribution in [-0.2, 0) is 6.42 Å². The first-order valence-corrected chi connectivity index (χ1v) is 10.1. The maximum absolute atomic E-state index is 14.9. The lowest BCUT2D eigenvalue weighted by Crippen LogP contribution is -2.03. The fourth-order valence-electron chi connectivity index (χ4n) is 3.78. The molecule has 4 aromatic carbocycles. The molecule has 0 aromatic heterocycles. The average molecular weight is 442 g/mol. The number of halogens is 5. The third-order valence-corrected chi connectivity index (χ3v) is 5.30. The van der Waals surface area contributed by atoms with Crippen molar-refractivity contribution in [1.82, 2.24) is 0 Å². The molecule has 164 valence electrons. The predicted octanol–water partition coefficient (Wildman–Crippen LogP) is 8.15. The highest BCUT2D eigenvalue weighted by Crippen LogP contribution is 2.34. The summed E-state index contributed by atoms with van der Waals surface area (Å²) in [5.41, 5.74) is 2.33. The molecule has 6 heteroatoms. The molecule has 0 saturated heterocycles. The van der Waals surface area contributed by atoms with Gasteiger partial charge in [0.15, 0.2) is 11.6 Å². The summed E-state index contributed by atoms with van der Waals surface area (Å²) in [4.78, 5) is 0. The fourth-order valence-corrected chi connectivity index (χ4v) is 3.78. The minimum absolute atomic E-state index is 0.0816. The summed E-state index contributed by atoms with van der Waals surface area (Å²) in [6.45, 7) is -1.13. The standard InChI is InChI=1S/C26H19F5O/c1-2-3-15-4-8-19(22(27)12-15)18-5-9-20(23(28)14-18)16-6-10-21-17(13-16)7-11-24(25(21)29)32-26(30)31/h4-14,26H,2-3H2,1H3. The lowest BCUT2D eigenvalue weighted by atomic mass is 9.96. The molecule has 0 aliphatic rings. The van der Waals surface area contributed by atoms with Gasteiger partial charge in [0.1, 0.15) is 11.6 Å². The highest BCUT2D eigenvalue weighted by Gasteiger charge is 2.15. The van der Waals surface area contributed by atoms with E-state index in [-0.39, 0.29) is 10.9 Å². The molecule has 0 radical (unpaired) electrons. The molecule has 32 heavy (non-hydrogen) atoms. The van der Waals surface area contributed by atoms with Gasteiger partial charge >= 0.3 is 6.61 Å². The van der Waals surface area contributed by atoms with Crippen molar-refractivity contribution in [1.29, 1.82) is 0 Å². The molecule has 0 amide bonds. The van der Waals surface area contributed by atoms with Gasteiger partial charge < -0.3 is 4.74 Å². The SMILES string of the molecule is CCCc1ccc(-c2ccc(-c3ccc4c(F)c(OC(F)F)ccc4c3)c(F)c2)c(F)c1. The summed E-state index contributed by atoms with van der Waals surface area (Å²) in [6.07, 6.45) is 1.67. The Bertz CT molecular complexity index is 1280. The highest BCUT2D eigenvalue weighted by atomic mass is 19.3. The molecule has 0 spiro atoms. The lowest BCUT2D eigenvalue weighted by molar-refractivity contribution is -0.0520. The lowest BCUT2D eigenvalue weighted by Gasteiger charge is -2.11. The van der Waals surface area contributed by atoms with Crippen LogP contribution in [0.4, 0.5) is 22.0 Å². The van der Waals surface area contributed by atoms with Gasteiger partial charge in [0.25, 0.3) is 0 Å². The monoisotopic (exact) mass is 442 g/mol. The van der Waals surface area contributed by atoms with E-state index in [4.69, 9.17) is 0 Å². The van der Waals surface area contributed by atoms with Crippen LogP contribution in [0.3, 0.4) is 0 Å². The van der Waals surface area contributed by atoms with Crippen LogP contribution in [0.2, 0.25) is 0 Å². The molecule has 0 fully saturated rings. The molecule has 0 heterocycles. The van der Waals surface area contributed by atoms with E-state index in [1.54, 1.807) is 18.2 Å².